The second-order valence-corrected chi connectivity index (χ2v) is 4.45. The van der Waals surface area contributed by atoms with E-state index in [0.717, 1.165) is 29.9 Å². The van der Waals surface area contributed by atoms with Gasteiger partial charge < -0.3 is 9.84 Å². The van der Waals surface area contributed by atoms with Crippen LogP contribution in [0.15, 0.2) is 29.8 Å². The lowest BCUT2D eigenvalue weighted by molar-refractivity contribution is 0.317. The van der Waals surface area contributed by atoms with E-state index >= 15 is 0 Å². The Hall–Kier alpha value is -1.28. The van der Waals surface area contributed by atoms with Crippen molar-refractivity contribution in [1.29, 1.82) is 0 Å². The van der Waals surface area contributed by atoms with Gasteiger partial charge in [0.15, 0.2) is 0 Å². The Morgan fingerprint density at radius 3 is 2.76 bits per heavy atom. The molecule has 0 heterocycles. The summed E-state index contributed by atoms with van der Waals surface area (Å²) in [4.78, 5) is 0. The van der Waals surface area contributed by atoms with E-state index in [4.69, 9.17) is 4.74 Å². The first-order valence-electron chi connectivity index (χ1n) is 6.21. The molecule has 0 fully saturated rings. The van der Waals surface area contributed by atoms with Gasteiger partial charge in [0.05, 0.1) is 13.2 Å². The van der Waals surface area contributed by atoms with Crippen molar-refractivity contribution in [3.63, 3.8) is 0 Å². The Labute approximate surface area is 104 Å². The van der Waals surface area contributed by atoms with E-state index < -0.39 is 0 Å². The lowest BCUT2D eigenvalue weighted by atomic mass is 10.0. The normalized spacial score (nSPS) is 11.9. The zero-order chi connectivity index (χ0) is 12.7. The van der Waals surface area contributed by atoms with Crippen molar-refractivity contribution in [2.45, 2.75) is 27.2 Å². The first kappa shape index (κ1) is 13.8. The fraction of sp³-hybridized carbons (Fsp3) is 0.467. The van der Waals surface area contributed by atoms with Crippen LogP contribution in [0.5, 0.6) is 5.75 Å². The van der Waals surface area contributed by atoms with Crippen LogP contribution >= 0.6 is 0 Å². The molecular weight excluding hydrogens is 212 g/mol. The monoisotopic (exact) mass is 234 g/mol. The average Bonchev–Trinajstić information content (AvgIpc) is 2.33. The number of rotatable bonds is 6. The highest BCUT2D eigenvalue weighted by atomic mass is 16.5. The van der Waals surface area contributed by atoms with E-state index in [1.165, 1.54) is 0 Å². The van der Waals surface area contributed by atoms with Gasteiger partial charge in [-0.15, -0.1) is 0 Å². The summed E-state index contributed by atoms with van der Waals surface area (Å²) >= 11 is 0. The van der Waals surface area contributed by atoms with Gasteiger partial charge in [0.25, 0.3) is 0 Å². The Morgan fingerprint density at radius 1 is 1.41 bits per heavy atom. The Bertz CT molecular complexity index is 367. The lowest BCUT2D eigenvalue weighted by Gasteiger charge is -2.09. The highest BCUT2D eigenvalue weighted by Crippen LogP contribution is 2.18. The van der Waals surface area contributed by atoms with Gasteiger partial charge in [-0.25, -0.2) is 0 Å². The fourth-order valence-electron chi connectivity index (χ4n) is 1.52. The predicted molar refractivity (Wildman–Crippen MR) is 72.1 cm³/mol. The molecule has 0 saturated carbocycles. The van der Waals surface area contributed by atoms with Crippen LogP contribution in [0.4, 0.5) is 0 Å². The second-order valence-electron chi connectivity index (χ2n) is 4.45. The standard InChI is InChI=1S/C15H22O2/c1-4-8-17-15-7-5-6-13(10-15)9-14(11-16)12(2)3/h5-7,9-10,12,16H,4,8,11H2,1-3H3. The molecule has 94 valence electrons. The molecule has 0 unspecified atom stereocenters. The molecule has 0 spiro atoms. The maximum atomic E-state index is 9.27. The molecule has 1 rings (SSSR count). The first-order valence-corrected chi connectivity index (χ1v) is 6.21. The highest BCUT2D eigenvalue weighted by Gasteiger charge is 2.02. The van der Waals surface area contributed by atoms with Gasteiger partial charge in [0.1, 0.15) is 5.75 Å². The van der Waals surface area contributed by atoms with Gasteiger partial charge in [0, 0.05) is 0 Å². The molecule has 0 atom stereocenters. The number of aliphatic hydroxyl groups is 1. The van der Waals surface area contributed by atoms with E-state index in [2.05, 4.69) is 20.8 Å². The third-order valence-electron chi connectivity index (χ3n) is 2.61. The Balaban J connectivity index is 2.83. The number of hydrogen-bond acceptors (Lipinski definition) is 2. The maximum absolute atomic E-state index is 9.27. The fourth-order valence-corrected chi connectivity index (χ4v) is 1.52. The van der Waals surface area contributed by atoms with Crippen LogP contribution in [-0.2, 0) is 0 Å². The molecule has 1 aromatic carbocycles. The molecule has 1 aromatic rings. The van der Waals surface area contributed by atoms with E-state index in [-0.39, 0.29) is 6.61 Å². The highest BCUT2D eigenvalue weighted by molar-refractivity contribution is 5.55. The topological polar surface area (TPSA) is 29.5 Å². The summed E-state index contributed by atoms with van der Waals surface area (Å²) in [5.41, 5.74) is 2.12. The summed E-state index contributed by atoms with van der Waals surface area (Å²) in [6, 6.07) is 7.97. The molecule has 0 radical (unpaired) electrons. The summed E-state index contributed by atoms with van der Waals surface area (Å²) in [6.07, 6.45) is 3.04. The average molecular weight is 234 g/mol. The van der Waals surface area contributed by atoms with Crippen molar-refractivity contribution in [3.8, 4) is 5.75 Å². The molecule has 0 aromatic heterocycles. The molecule has 0 aliphatic rings. The molecule has 1 N–H and O–H groups in total. The minimum Gasteiger partial charge on any atom is -0.494 e. The van der Waals surface area contributed by atoms with Crippen LogP contribution in [0, 0.1) is 5.92 Å². The zero-order valence-electron chi connectivity index (χ0n) is 10.9. The van der Waals surface area contributed by atoms with Crippen molar-refractivity contribution in [2.24, 2.45) is 5.92 Å². The van der Waals surface area contributed by atoms with Gasteiger partial charge in [-0.3, -0.25) is 0 Å². The van der Waals surface area contributed by atoms with E-state index in [9.17, 15) is 5.11 Å². The molecule has 0 aliphatic carbocycles. The number of hydrogen-bond donors (Lipinski definition) is 1. The smallest absolute Gasteiger partial charge is 0.119 e. The van der Waals surface area contributed by atoms with E-state index in [1.807, 2.05) is 30.3 Å². The van der Waals surface area contributed by atoms with Gasteiger partial charge in [-0.05, 0) is 35.6 Å². The number of aliphatic hydroxyl groups excluding tert-OH is 1. The van der Waals surface area contributed by atoms with Gasteiger partial charge >= 0.3 is 0 Å². The Kier molecular flexibility index (Phi) is 5.78. The van der Waals surface area contributed by atoms with Crippen LogP contribution in [0.3, 0.4) is 0 Å². The number of benzene rings is 1. The molecule has 17 heavy (non-hydrogen) atoms. The van der Waals surface area contributed by atoms with Crippen molar-refractivity contribution in [3.05, 3.63) is 35.4 Å². The second kappa shape index (κ2) is 7.13. The van der Waals surface area contributed by atoms with Crippen molar-refractivity contribution < 1.29 is 9.84 Å². The van der Waals surface area contributed by atoms with E-state index in [1.54, 1.807) is 0 Å². The molecule has 2 heteroatoms. The molecule has 0 aliphatic heterocycles. The summed E-state index contributed by atoms with van der Waals surface area (Å²) in [6.45, 7) is 7.10. The largest absolute Gasteiger partial charge is 0.494 e. The lowest BCUT2D eigenvalue weighted by Crippen LogP contribution is -1.99. The van der Waals surface area contributed by atoms with Crippen LogP contribution in [0.2, 0.25) is 0 Å². The quantitative estimate of drug-likeness (QED) is 0.816. The molecule has 0 saturated heterocycles. The van der Waals surface area contributed by atoms with Crippen molar-refractivity contribution in [2.75, 3.05) is 13.2 Å². The van der Waals surface area contributed by atoms with Gasteiger partial charge in [-0.2, -0.15) is 0 Å². The van der Waals surface area contributed by atoms with Crippen molar-refractivity contribution >= 4 is 6.08 Å². The third-order valence-corrected chi connectivity index (χ3v) is 2.61. The summed E-state index contributed by atoms with van der Waals surface area (Å²) in [5.74, 6) is 1.25. The summed E-state index contributed by atoms with van der Waals surface area (Å²) < 4.78 is 5.58. The first-order chi connectivity index (χ1) is 8.17. The van der Waals surface area contributed by atoms with Crippen LogP contribution in [0.1, 0.15) is 32.8 Å². The van der Waals surface area contributed by atoms with Crippen molar-refractivity contribution in [1.82, 2.24) is 0 Å². The zero-order valence-corrected chi connectivity index (χ0v) is 10.9. The van der Waals surface area contributed by atoms with E-state index in [0.29, 0.717) is 5.92 Å². The molecule has 0 amide bonds. The molecule has 2 nitrogen and oxygen atoms in total. The molecule has 0 bridgehead atoms. The van der Waals surface area contributed by atoms with Crippen LogP contribution in [0.25, 0.3) is 6.08 Å². The minimum absolute atomic E-state index is 0.109. The maximum Gasteiger partial charge on any atom is 0.119 e. The third kappa shape index (κ3) is 4.61. The minimum atomic E-state index is 0.109. The van der Waals surface area contributed by atoms with Crippen LogP contribution in [-0.4, -0.2) is 18.3 Å². The van der Waals surface area contributed by atoms with Gasteiger partial charge in [0.2, 0.25) is 0 Å². The summed E-state index contributed by atoms with van der Waals surface area (Å²) in [7, 11) is 0. The van der Waals surface area contributed by atoms with Gasteiger partial charge in [-0.1, -0.05) is 39.0 Å². The van der Waals surface area contributed by atoms with Crippen LogP contribution < -0.4 is 4.74 Å². The number of ether oxygens (including phenoxy) is 1. The molecular formula is C15H22O2. The Morgan fingerprint density at radius 2 is 2.18 bits per heavy atom. The summed E-state index contributed by atoms with van der Waals surface area (Å²) in [5, 5.41) is 9.27. The predicted octanol–water partition coefficient (Wildman–Crippen LogP) is 3.51. The SMILES string of the molecule is CCCOc1cccc(C=C(CO)C(C)C)c1.